The summed E-state index contributed by atoms with van der Waals surface area (Å²) in [7, 11) is 0. The van der Waals surface area contributed by atoms with Gasteiger partial charge in [0.05, 0.1) is 0 Å². The minimum atomic E-state index is 0. The summed E-state index contributed by atoms with van der Waals surface area (Å²) in [6, 6.07) is 0. The van der Waals surface area contributed by atoms with Gasteiger partial charge in [-0.15, -0.1) is 5.92 Å². The average Bonchev–Trinajstić information content (AvgIpc) is 2.77. The zero-order chi connectivity index (χ0) is 8.39. The molecule has 0 nitrogen and oxygen atoms in total. The molecular formula is C12H13ClHf-2. The molecule has 2 aliphatic carbocycles. The van der Waals surface area contributed by atoms with Gasteiger partial charge >= 0.3 is 0 Å². The van der Waals surface area contributed by atoms with Crippen LogP contribution in [0.2, 0.25) is 0 Å². The Morgan fingerprint density at radius 3 is 1.71 bits per heavy atom. The van der Waals surface area contributed by atoms with Crippen LogP contribution in [0, 0.1) is 12.8 Å². The van der Waals surface area contributed by atoms with E-state index < -0.39 is 0 Å². The van der Waals surface area contributed by atoms with Crippen molar-refractivity contribution in [2.75, 3.05) is 0 Å². The summed E-state index contributed by atoms with van der Waals surface area (Å²) < 4.78 is 0. The van der Waals surface area contributed by atoms with Gasteiger partial charge in [0.15, 0.2) is 0 Å². The Morgan fingerprint density at radius 2 is 1.43 bits per heavy atom. The van der Waals surface area contributed by atoms with E-state index in [1.807, 2.05) is 0 Å². The van der Waals surface area contributed by atoms with Gasteiger partial charge in [0, 0.05) is 25.8 Å². The molecule has 0 unspecified atom stereocenters. The van der Waals surface area contributed by atoms with Crippen molar-refractivity contribution in [3.8, 4) is 0 Å². The number of halogens is 1. The Morgan fingerprint density at radius 1 is 1.00 bits per heavy atom. The van der Waals surface area contributed by atoms with E-state index >= 15 is 0 Å². The fourth-order valence-corrected chi connectivity index (χ4v) is 1.68. The van der Waals surface area contributed by atoms with Crippen LogP contribution in [0.1, 0.15) is 12.8 Å². The first-order valence-corrected chi connectivity index (χ1v) is 4.42. The maximum atomic E-state index is 4.19. The van der Waals surface area contributed by atoms with Crippen molar-refractivity contribution in [2.45, 2.75) is 12.8 Å². The van der Waals surface area contributed by atoms with Gasteiger partial charge in [-0.1, -0.05) is 47.6 Å². The zero-order valence-electron chi connectivity index (χ0n) is 8.04. The van der Waals surface area contributed by atoms with Crippen molar-refractivity contribution in [3.63, 3.8) is 0 Å². The molecule has 0 heterocycles. The SMILES string of the molecule is [CH2-]C(C1=CC=CC1)C1=CC=CC1.[Cl-].[Hf]. The van der Waals surface area contributed by atoms with E-state index in [9.17, 15) is 0 Å². The van der Waals surface area contributed by atoms with E-state index in [2.05, 4.69) is 43.4 Å². The molecule has 0 fully saturated rings. The molecule has 0 saturated carbocycles. The van der Waals surface area contributed by atoms with Gasteiger partial charge < -0.3 is 19.3 Å². The Bertz CT molecular complexity index is 267. The predicted octanol–water partition coefficient (Wildman–Crippen LogP) is 0.211. The monoisotopic (exact) mass is 372 g/mol. The summed E-state index contributed by atoms with van der Waals surface area (Å²) >= 11 is 0. The molecule has 0 aromatic rings. The number of hydrogen-bond acceptors (Lipinski definition) is 0. The minimum Gasteiger partial charge on any atom is -1.00 e. The Balaban J connectivity index is 0.000000845. The van der Waals surface area contributed by atoms with Crippen molar-refractivity contribution in [1.82, 2.24) is 0 Å². The Kier molecular flexibility index (Phi) is 6.63. The van der Waals surface area contributed by atoms with Crippen LogP contribution in [-0.2, 0) is 25.8 Å². The molecule has 0 N–H and O–H groups in total. The fourth-order valence-electron chi connectivity index (χ4n) is 1.68. The summed E-state index contributed by atoms with van der Waals surface area (Å²) in [5.74, 6) is 0.398. The molecule has 2 heteroatoms. The van der Waals surface area contributed by atoms with E-state index in [4.69, 9.17) is 0 Å². The van der Waals surface area contributed by atoms with E-state index in [0.717, 1.165) is 12.8 Å². The molecule has 0 atom stereocenters. The number of rotatable bonds is 2. The van der Waals surface area contributed by atoms with Crippen LogP contribution in [0.15, 0.2) is 47.6 Å². The van der Waals surface area contributed by atoms with Gasteiger partial charge in [0.25, 0.3) is 0 Å². The van der Waals surface area contributed by atoms with Crippen molar-refractivity contribution in [3.05, 3.63) is 54.5 Å². The number of hydrogen-bond donors (Lipinski definition) is 0. The smallest absolute Gasteiger partial charge is 0 e. The summed E-state index contributed by atoms with van der Waals surface area (Å²) in [6.07, 6.45) is 15.2. The van der Waals surface area contributed by atoms with Crippen LogP contribution >= 0.6 is 0 Å². The predicted molar refractivity (Wildman–Crippen MR) is 52.5 cm³/mol. The minimum absolute atomic E-state index is 0. The Labute approximate surface area is 111 Å². The molecule has 14 heavy (non-hydrogen) atoms. The molecule has 74 valence electrons. The topological polar surface area (TPSA) is 0 Å². The molecule has 0 aliphatic heterocycles. The van der Waals surface area contributed by atoms with Gasteiger partial charge in [0.1, 0.15) is 0 Å². The fraction of sp³-hybridized carbons (Fsp3) is 0.250. The van der Waals surface area contributed by atoms with Crippen LogP contribution in [0.4, 0.5) is 0 Å². The normalized spacial score (nSPS) is 17.6. The second-order valence-electron chi connectivity index (χ2n) is 3.30. The van der Waals surface area contributed by atoms with Crippen molar-refractivity contribution in [2.24, 2.45) is 5.92 Å². The van der Waals surface area contributed by atoms with Crippen molar-refractivity contribution >= 4 is 0 Å². The third kappa shape index (κ3) is 3.06. The molecule has 0 radical (unpaired) electrons. The van der Waals surface area contributed by atoms with E-state index in [0.29, 0.717) is 5.92 Å². The quantitative estimate of drug-likeness (QED) is 0.481. The second kappa shape index (κ2) is 6.58. The molecule has 2 rings (SSSR count). The van der Waals surface area contributed by atoms with E-state index in [1.165, 1.54) is 11.1 Å². The summed E-state index contributed by atoms with van der Waals surface area (Å²) in [4.78, 5) is 0. The van der Waals surface area contributed by atoms with Crippen LogP contribution in [-0.4, -0.2) is 0 Å². The van der Waals surface area contributed by atoms with Gasteiger partial charge in [-0.2, -0.15) is 0 Å². The maximum absolute atomic E-state index is 4.19. The zero-order valence-corrected chi connectivity index (χ0v) is 12.4. The van der Waals surface area contributed by atoms with Crippen molar-refractivity contribution < 1.29 is 38.3 Å². The van der Waals surface area contributed by atoms with Gasteiger partial charge in [-0.05, 0) is 12.8 Å². The second-order valence-corrected chi connectivity index (χ2v) is 3.30. The first-order chi connectivity index (χ1) is 5.88. The largest absolute Gasteiger partial charge is 1.00 e. The standard InChI is InChI=1S/C12H13.ClH.Hf/c1-10(11-6-2-3-7-11)12-8-4-5-9-12;;/h2-6,8,10H,1,7,9H2;1H;/q-1;;/p-1. The molecule has 2 aliphatic rings. The maximum Gasteiger partial charge on any atom is 0 e. The molecule has 0 amide bonds. The summed E-state index contributed by atoms with van der Waals surface area (Å²) in [5.41, 5.74) is 2.90. The summed E-state index contributed by atoms with van der Waals surface area (Å²) in [6.45, 7) is 4.19. The van der Waals surface area contributed by atoms with Gasteiger partial charge in [-0.25, -0.2) is 0 Å². The first kappa shape index (κ1) is 14.1. The van der Waals surface area contributed by atoms with E-state index in [1.54, 1.807) is 0 Å². The Hall–Kier alpha value is 0.120. The van der Waals surface area contributed by atoms with E-state index in [-0.39, 0.29) is 38.3 Å². The van der Waals surface area contributed by atoms with Crippen LogP contribution < -0.4 is 12.4 Å². The van der Waals surface area contributed by atoms with Crippen molar-refractivity contribution in [1.29, 1.82) is 0 Å². The molecule has 0 aromatic heterocycles. The molecule has 0 bridgehead atoms. The number of allylic oxidation sites excluding steroid dienone is 8. The van der Waals surface area contributed by atoms with Crippen LogP contribution in [0.3, 0.4) is 0 Å². The molecule has 0 aromatic carbocycles. The molecule has 0 spiro atoms. The first-order valence-electron chi connectivity index (χ1n) is 4.42. The van der Waals surface area contributed by atoms with Gasteiger partial charge in [0.2, 0.25) is 0 Å². The third-order valence-corrected chi connectivity index (χ3v) is 2.50. The average molecular weight is 371 g/mol. The molecular weight excluding hydrogens is 358 g/mol. The third-order valence-electron chi connectivity index (χ3n) is 2.50. The van der Waals surface area contributed by atoms with Crippen LogP contribution in [0.5, 0.6) is 0 Å². The molecule has 0 saturated heterocycles. The van der Waals surface area contributed by atoms with Crippen LogP contribution in [0.25, 0.3) is 0 Å². The van der Waals surface area contributed by atoms with Gasteiger partial charge in [-0.3, -0.25) is 0 Å². The summed E-state index contributed by atoms with van der Waals surface area (Å²) in [5, 5.41) is 0.